The first-order valence-electron chi connectivity index (χ1n) is 6.71. The van der Waals surface area contributed by atoms with E-state index >= 15 is 0 Å². The monoisotopic (exact) mass is 311 g/mol. The van der Waals surface area contributed by atoms with Gasteiger partial charge in [0.15, 0.2) is 0 Å². The average molecular weight is 312 g/mol. The Morgan fingerprint density at radius 3 is 2.39 bits per heavy atom. The predicted octanol–water partition coefficient (Wildman–Crippen LogP) is 3.67. The van der Waals surface area contributed by atoms with Crippen molar-refractivity contribution in [1.29, 1.82) is 0 Å². The fraction of sp³-hybridized carbons (Fsp3) is 0.600. The molecule has 1 aromatic rings. The first-order chi connectivity index (χ1) is 8.66. The molecule has 3 heteroatoms. The molecular weight excluding hydrogens is 290 g/mol. The maximum atomic E-state index is 6.43. The molecule has 0 aliphatic heterocycles. The molecule has 1 aromatic carbocycles. The molecule has 1 saturated carbocycles. The third-order valence-corrected chi connectivity index (χ3v) is 4.68. The van der Waals surface area contributed by atoms with Gasteiger partial charge in [-0.2, -0.15) is 0 Å². The Morgan fingerprint density at radius 2 is 1.83 bits per heavy atom. The molecule has 18 heavy (non-hydrogen) atoms. The zero-order valence-corrected chi connectivity index (χ0v) is 12.6. The van der Waals surface area contributed by atoms with Crippen LogP contribution in [0.15, 0.2) is 28.7 Å². The van der Waals surface area contributed by atoms with Gasteiger partial charge in [-0.25, -0.2) is 0 Å². The minimum Gasteiger partial charge on any atom is -0.377 e. The van der Waals surface area contributed by atoms with Gasteiger partial charge in [0.05, 0.1) is 5.60 Å². The Labute approximate surface area is 118 Å². The van der Waals surface area contributed by atoms with Gasteiger partial charge in [-0.1, -0.05) is 47.3 Å². The summed E-state index contributed by atoms with van der Waals surface area (Å²) in [7, 11) is 1.81. The van der Waals surface area contributed by atoms with E-state index in [0.29, 0.717) is 0 Å². The van der Waals surface area contributed by atoms with Crippen LogP contribution in [-0.4, -0.2) is 18.8 Å². The number of hydrogen-bond donors (Lipinski definition) is 1. The smallest absolute Gasteiger partial charge is 0.0832 e. The molecule has 1 aliphatic carbocycles. The van der Waals surface area contributed by atoms with Crippen LogP contribution in [0.3, 0.4) is 0 Å². The Kier molecular flexibility index (Phi) is 4.82. The van der Waals surface area contributed by atoms with E-state index in [0.717, 1.165) is 23.7 Å². The minimum absolute atomic E-state index is 0.0870. The van der Waals surface area contributed by atoms with Crippen LogP contribution in [0.5, 0.6) is 0 Å². The van der Waals surface area contributed by atoms with Gasteiger partial charge in [-0.3, -0.25) is 0 Å². The normalized spacial score (nSPS) is 20.6. The number of halogens is 1. The summed E-state index contributed by atoms with van der Waals surface area (Å²) < 4.78 is 6.91. The van der Waals surface area contributed by atoms with Gasteiger partial charge in [-0.05, 0) is 37.0 Å². The summed E-state index contributed by atoms with van der Waals surface area (Å²) in [4.78, 5) is 0. The van der Waals surface area contributed by atoms with Crippen LogP contribution in [-0.2, 0) is 11.2 Å². The van der Waals surface area contributed by atoms with Crippen molar-refractivity contribution in [1.82, 2.24) is 0 Å². The van der Waals surface area contributed by atoms with Gasteiger partial charge >= 0.3 is 0 Å². The van der Waals surface area contributed by atoms with Crippen molar-refractivity contribution in [2.75, 3.05) is 7.11 Å². The third-order valence-electron chi connectivity index (χ3n) is 4.15. The van der Waals surface area contributed by atoms with E-state index < -0.39 is 0 Å². The van der Waals surface area contributed by atoms with E-state index in [2.05, 4.69) is 40.2 Å². The number of hydrogen-bond acceptors (Lipinski definition) is 2. The highest BCUT2D eigenvalue weighted by Gasteiger charge is 2.37. The molecule has 2 rings (SSSR count). The molecule has 1 unspecified atom stereocenters. The van der Waals surface area contributed by atoms with E-state index in [4.69, 9.17) is 10.5 Å². The van der Waals surface area contributed by atoms with Gasteiger partial charge in [0.25, 0.3) is 0 Å². The molecule has 1 aliphatic rings. The molecule has 0 radical (unpaired) electrons. The molecule has 0 amide bonds. The van der Waals surface area contributed by atoms with Crippen molar-refractivity contribution < 1.29 is 4.74 Å². The Morgan fingerprint density at radius 1 is 1.22 bits per heavy atom. The maximum Gasteiger partial charge on any atom is 0.0832 e. The van der Waals surface area contributed by atoms with Crippen molar-refractivity contribution in [2.24, 2.45) is 5.73 Å². The van der Waals surface area contributed by atoms with Crippen molar-refractivity contribution in [3.05, 3.63) is 34.3 Å². The summed E-state index contributed by atoms with van der Waals surface area (Å²) in [5, 5.41) is 0. The first-order valence-corrected chi connectivity index (χ1v) is 7.51. The van der Waals surface area contributed by atoms with Gasteiger partial charge < -0.3 is 10.5 Å². The lowest BCUT2D eigenvalue weighted by Gasteiger charge is -2.41. The second-order valence-corrected chi connectivity index (χ2v) is 6.18. The molecular formula is C15H22BrNO. The summed E-state index contributed by atoms with van der Waals surface area (Å²) in [5.41, 5.74) is 7.61. The van der Waals surface area contributed by atoms with E-state index in [1.807, 2.05) is 7.11 Å². The van der Waals surface area contributed by atoms with Gasteiger partial charge in [0, 0.05) is 17.6 Å². The van der Waals surface area contributed by atoms with Crippen LogP contribution in [0.25, 0.3) is 0 Å². The summed E-state index contributed by atoms with van der Waals surface area (Å²) in [6.07, 6.45) is 6.88. The molecule has 100 valence electrons. The van der Waals surface area contributed by atoms with E-state index in [-0.39, 0.29) is 11.6 Å². The minimum atomic E-state index is -0.106. The molecule has 0 aromatic heterocycles. The quantitative estimate of drug-likeness (QED) is 0.921. The second-order valence-electron chi connectivity index (χ2n) is 5.27. The van der Waals surface area contributed by atoms with Crippen LogP contribution >= 0.6 is 15.9 Å². The topological polar surface area (TPSA) is 35.2 Å². The number of nitrogens with two attached hydrogens (primary N) is 1. The molecule has 0 saturated heterocycles. The summed E-state index contributed by atoms with van der Waals surface area (Å²) in [5.74, 6) is 0. The molecule has 1 fully saturated rings. The summed E-state index contributed by atoms with van der Waals surface area (Å²) in [6.45, 7) is 0. The zero-order valence-electron chi connectivity index (χ0n) is 11.0. The van der Waals surface area contributed by atoms with Crippen LogP contribution in [0.4, 0.5) is 0 Å². The fourth-order valence-electron chi connectivity index (χ4n) is 2.94. The van der Waals surface area contributed by atoms with Crippen molar-refractivity contribution in [3.63, 3.8) is 0 Å². The summed E-state index contributed by atoms with van der Waals surface area (Å²) >= 11 is 3.46. The Balaban J connectivity index is 2.05. The largest absolute Gasteiger partial charge is 0.377 e. The zero-order chi connectivity index (χ0) is 13.0. The molecule has 0 bridgehead atoms. The van der Waals surface area contributed by atoms with Gasteiger partial charge in [0.2, 0.25) is 0 Å². The van der Waals surface area contributed by atoms with Crippen LogP contribution in [0.2, 0.25) is 0 Å². The van der Waals surface area contributed by atoms with Gasteiger partial charge in [-0.15, -0.1) is 0 Å². The predicted molar refractivity (Wildman–Crippen MR) is 78.6 cm³/mol. The summed E-state index contributed by atoms with van der Waals surface area (Å²) in [6, 6.07) is 8.50. The lowest BCUT2D eigenvalue weighted by Crippen LogP contribution is -2.51. The third kappa shape index (κ3) is 3.14. The number of ether oxygens (including phenoxy) is 1. The average Bonchev–Trinajstić information content (AvgIpc) is 2.42. The van der Waals surface area contributed by atoms with Crippen molar-refractivity contribution in [2.45, 2.75) is 50.2 Å². The number of benzene rings is 1. The lowest BCUT2D eigenvalue weighted by atomic mass is 9.77. The molecule has 0 spiro atoms. The van der Waals surface area contributed by atoms with E-state index in [9.17, 15) is 0 Å². The second kappa shape index (κ2) is 6.18. The van der Waals surface area contributed by atoms with E-state index in [1.54, 1.807) is 0 Å². The lowest BCUT2D eigenvalue weighted by molar-refractivity contribution is -0.0582. The standard InChI is InChI=1S/C15H22BrNO/c1-18-15(9-3-2-4-10-15)14(17)11-12-5-7-13(16)8-6-12/h5-8,14H,2-4,9-11,17H2,1H3. The highest BCUT2D eigenvalue weighted by Crippen LogP contribution is 2.34. The molecule has 2 nitrogen and oxygen atoms in total. The van der Waals surface area contributed by atoms with Crippen molar-refractivity contribution in [3.8, 4) is 0 Å². The van der Waals surface area contributed by atoms with E-state index in [1.165, 1.54) is 24.8 Å². The van der Waals surface area contributed by atoms with Crippen molar-refractivity contribution >= 4 is 15.9 Å². The van der Waals surface area contributed by atoms with Crippen LogP contribution < -0.4 is 5.73 Å². The molecule has 1 atom stereocenters. The number of rotatable bonds is 4. The highest BCUT2D eigenvalue weighted by molar-refractivity contribution is 9.10. The SMILES string of the molecule is COC1(C(N)Cc2ccc(Br)cc2)CCCCC1. The van der Waals surface area contributed by atoms with Crippen LogP contribution in [0, 0.1) is 0 Å². The Hall–Kier alpha value is -0.380. The maximum absolute atomic E-state index is 6.43. The Bertz CT molecular complexity index is 371. The highest BCUT2D eigenvalue weighted by atomic mass is 79.9. The molecule has 2 N–H and O–H groups in total. The fourth-order valence-corrected chi connectivity index (χ4v) is 3.20. The van der Waals surface area contributed by atoms with Gasteiger partial charge in [0.1, 0.15) is 0 Å². The van der Waals surface area contributed by atoms with Crippen LogP contribution in [0.1, 0.15) is 37.7 Å². The number of methoxy groups -OCH3 is 1. The first kappa shape index (κ1) is 14.0. The molecule has 0 heterocycles.